The van der Waals surface area contributed by atoms with Crippen molar-refractivity contribution in [3.63, 3.8) is 0 Å². The summed E-state index contributed by atoms with van der Waals surface area (Å²) in [5, 5.41) is 2.79. The quantitative estimate of drug-likeness (QED) is 0.680. The van der Waals surface area contributed by atoms with Crippen LogP contribution in [0.25, 0.3) is 0 Å². The van der Waals surface area contributed by atoms with Crippen molar-refractivity contribution in [1.82, 2.24) is 5.32 Å². The molecule has 0 radical (unpaired) electrons. The molecular formula is C19H33NO3. The lowest BCUT2D eigenvalue weighted by atomic mass is 9.82. The highest BCUT2D eigenvalue weighted by atomic mass is 16.5. The average Bonchev–Trinajstić information content (AvgIpc) is 2.44. The lowest BCUT2D eigenvalue weighted by Crippen LogP contribution is -2.35. The lowest BCUT2D eigenvalue weighted by molar-refractivity contribution is -0.160. The van der Waals surface area contributed by atoms with Crippen LogP contribution in [-0.4, -0.2) is 18.0 Å². The molecule has 4 heteroatoms. The Bertz CT molecular complexity index is 423. The van der Waals surface area contributed by atoms with Gasteiger partial charge >= 0.3 is 5.97 Å². The molecule has 0 aliphatic carbocycles. The van der Waals surface area contributed by atoms with Gasteiger partial charge in [0.25, 0.3) is 0 Å². The first kappa shape index (κ1) is 19.7. The molecule has 0 aromatic rings. The second kappa shape index (κ2) is 9.09. The first-order valence-electron chi connectivity index (χ1n) is 8.85. The molecular weight excluding hydrogens is 290 g/mol. The lowest BCUT2D eigenvalue weighted by Gasteiger charge is -2.33. The number of ether oxygens (including phenoxy) is 1. The first-order valence-corrected chi connectivity index (χ1v) is 8.85. The maximum absolute atomic E-state index is 12.4. The summed E-state index contributed by atoms with van der Waals surface area (Å²) in [6.45, 7) is 10.4. The van der Waals surface area contributed by atoms with Gasteiger partial charge in [0.1, 0.15) is 6.10 Å². The van der Waals surface area contributed by atoms with Gasteiger partial charge in [-0.2, -0.15) is 0 Å². The number of nitrogens with one attached hydrogen (secondary N) is 1. The summed E-state index contributed by atoms with van der Waals surface area (Å²) in [6, 6.07) is 0. The van der Waals surface area contributed by atoms with E-state index in [4.69, 9.17) is 4.74 Å². The van der Waals surface area contributed by atoms with Gasteiger partial charge in [0.05, 0.1) is 5.92 Å². The summed E-state index contributed by atoms with van der Waals surface area (Å²) in [7, 11) is 0. The zero-order chi connectivity index (χ0) is 17.5. The van der Waals surface area contributed by atoms with Crippen molar-refractivity contribution in [2.45, 2.75) is 79.2 Å². The molecule has 1 aliphatic heterocycles. The van der Waals surface area contributed by atoms with E-state index in [-0.39, 0.29) is 29.3 Å². The van der Waals surface area contributed by atoms with E-state index in [1.165, 1.54) is 0 Å². The Morgan fingerprint density at radius 1 is 1.17 bits per heavy atom. The summed E-state index contributed by atoms with van der Waals surface area (Å²) in [4.78, 5) is 24.1. The summed E-state index contributed by atoms with van der Waals surface area (Å²) in [5.74, 6) is 0.261. The van der Waals surface area contributed by atoms with Crippen molar-refractivity contribution in [2.24, 2.45) is 17.3 Å². The molecule has 1 aliphatic rings. The third kappa shape index (κ3) is 7.67. The van der Waals surface area contributed by atoms with Crippen LogP contribution < -0.4 is 5.32 Å². The molecule has 0 fully saturated rings. The average molecular weight is 323 g/mol. The van der Waals surface area contributed by atoms with Crippen LogP contribution in [0.1, 0.15) is 73.1 Å². The fourth-order valence-corrected chi connectivity index (χ4v) is 2.70. The predicted molar refractivity (Wildman–Crippen MR) is 92.6 cm³/mol. The Labute approximate surface area is 141 Å². The summed E-state index contributed by atoms with van der Waals surface area (Å²) in [5.41, 5.74) is -0.0745. The van der Waals surface area contributed by atoms with Crippen LogP contribution in [0.3, 0.4) is 0 Å². The van der Waals surface area contributed by atoms with E-state index in [1.807, 2.05) is 13.0 Å². The van der Waals surface area contributed by atoms with Crippen molar-refractivity contribution in [1.29, 1.82) is 0 Å². The second-order valence-electron chi connectivity index (χ2n) is 7.97. The van der Waals surface area contributed by atoms with E-state index in [1.54, 1.807) is 6.20 Å². The molecule has 3 atom stereocenters. The summed E-state index contributed by atoms with van der Waals surface area (Å²) >= 11 is 0. The number of allylic oxidation sites excluding steroid dienone is 1. The van der Waals surface area contributed by atoms with Gasteiger partial charge in [-0.25, -0.2) is 0 Å². The van der Waals surface area contributed by atoms with Crippen LogP contribution in [0, 0.1) is 17.3 Å². The largest absolute Gasteiger partial charge is 0.462 e. The third-order valence-electron chi connectivity index (χ3n) is 4.47. The van der Waals surface area contributed by atoms with Crippen LogP contribution >= 0.6 is 0 Å². The molecule has 1 rings (SSSR count). The van der Waals surface area contributed by atoms with Crippen molar-refractivity contribution in [3.05, 3.63) is 12.3 Å². The standard InChI is InChI=1S/C19H33NO3/c1-14-9-8-11-17(21)20-12-7-6-10-15(2)18(22)23-16(13-14)19(3,4)5/h7,12,14-16H,6,8-11,13H2,1-5H3,(H,20,21)/b12-7+/t14-,15-,16-/m0/s1. The number of hydrogen-bond acceptors (Lipinski definition) is 3. The fourth-order valence-electron chi connectivity index (χ4n) is 2.70. The molecule has 0 aromatic carbocycles. The van der Waals surface area contributed by atoms with Crippen LogP contribution in [-0.2, 0) is 14.3 Å². The van der Waals surface area contributed by atoms with E-state index in [2.05, 4.69) is 33.0 Å². The van der Waals surface area contributed by atoms with Gasteiger partial charge in [-0.3, -0.25) is 9.59 Å². The van der Waals surface area contributed by atoms with Gasteiger partial charge in [0.15, 0.2) is 0 Å². The molecule has 0 aromatic heterocycles. The topological polar surface area (TPSA) is 55.4 Å². The Hall–Kier alpha value is -1.32. The number of esters is 1. The molecule has 0 spiro atoms. The van der Waals surface area contributed by atoms with Gasteiger partial charge in [0.2, 0.25) is 5.91 Å². The highest BCUT2D eigenvalue weighted by molar-refractivity contribution is 5.76. The minimum atomic E-state index is -0.124. The van der Waals surface area contributed by atoms with E-state index in [9.17, 15) is 9.59 Å². The number of amides is 1. The zero-order valence-electron chi connectivity index (χ0n) is 15.4. The number of hydrogen-bond donors (Lipinski definition) is 1. The Morgan fingerprint density at radius 3 is 2.52 bits per heavy atom. The third-order valence-corrected chi connectivity index (χ3v) is 4.47. The van der Waals surface area contributed by atoms with Crippen molar-refractivity contribution >= 4 is 11.9 Å². The van der Waals surface area contributed by atoms with E-state index in [0.29, 0.717) is 12.3 Å². The summed E-state index contributed by atoms with van der Waals surface area (Å²) in [6.07, 6.45) is 8.24. The molecule has 4 nitrogen and oxygen atoms in total. The molecule has 0 unspecified atom stereocenters. The Balaban J connectivity index is 2.80. The van der Waals surface area contributed by atoms with Gasteiger partial charge in [-0.1, -0.05) is 47.1 Å². The molecule has 1 N–H and O–H groups in total. The van der Waals surface area contributed by atoms with E-state index >= 15 is 0 Å². The van der Waals surface area contributed by atoms with Gasteiger partial charge in [-0.15, -0.1) is 0 Å². The minimum Gasteiger partial charge on any atom is -0.462 e. The Morgan fingerprint density at radius 2 is 1.87 bits per heavy atom. The fraction of sp³-hybridized carbons (Fsp3) is 0.789. The first-order chi connectivity index (χ1) is 10.7. The molecule has 1 amide bonds. The zero-order valence-corrected chi connectivity index (χ0v) is 15.4. The summed E-state index contributed by atoms with van der Waals surface area (Å²) < 4.78 is 5.85. The molecule has 0 saturated carbocycles. The van der Waals surface area contributed by atoms with Crippen LogP contribution in [0.5, 0.6) is 0 Å². The number of carbonyl (C=O) groups excluding carboxylic acids is 2. The minimum absolute atomic E-state index is 0.0658. The maximum Gasteiger partial charge on any atom is 0.308 e. The molecule has 23 heavy (non-hydrogen) atoms. The number of rotatable bonds is 0. The van der Waals surface area contributed by atoms with Crippen LogP contribution in [0.4, 0.5) is 0 Å². The molecule has 1 heterocycles. The number of cyclic esters (lactones) is 1. The van der Waals surface area contributed by atoms with Crippen LogP contribution in [0.15, 0.2) is 12.3 Å². The molecule has 132 valence electrons. The van der Waals surface area contributed by atoms with Crippen molar-refractivity contribution in [2.75, 3.05) is 0 Å². The molecule has 0 saturated heterocycles. The number of carbonyl (C=O) groups is 2. The Kier molecular flexibility index (Phi) is 7.80. The second-order valence-corrected chi connectivity index (χ2v) is 7.97. The monoisotopic (exact) mass is 323 g/mol. The van der Waals surface area contributed by atoms with E-state index in [0.717, 1.165) is 32.1 Å². The maximum atomic E-state index is 12.4. The van der Waals surface area contributed by atoms with Gasteiger partial charge < -0.3 is 10.1 Å². The van der Waals surface area contributed by atoms with Gasteiger partial charge in [-0.05, 0) is 43.2 Å². The smallest absolute Gasteiger partial charge is 0.308 e. The predicted octanol–water partition coefficient (Wildman–Crippen LogP) is 4.20. The molecule has 0 bridgehead atoms. The van der Waals surface area contributed by atoms with Crippen LogP contribution in [0.2, 0.25) is 0 Å². The van der Waals surface area contributed by atoms with E-state index < -0.39 is 0 Å². The van der Waals surface area contributed by atoms with Crippen molar-refractivity contribution in [3.8, 4) is 0 Å². The normalized spacial score (nSPS) is 30.6. The highest BCUT2D eigenvalue weighted by Gasteiger charge is 2.31. The van der Waals surface area contributed by atoms with Crippen molar-refractivity contribution < 1.29 is 14.3 Å². The van der Waals surface area contributed by atoms with Gasteiger partial charge in [0, 0.05) is 6.42 Å². The highest BCUT2D eigenvalue weighted by Crippen LogP contribution is 2.30. The SMILES string of the molecule is C[C@H]1CCCC(=O)N/C=C/CC[C@H](C)C(=O)O[C@H](C(C)(C)C)C1.